The highest BCUT2D eigenvalue weighted by Crippen LogP contribution is 2.35. The van der Waals surface area contributed by atoms with Crippen molar-refractivity contribution in [2.24, 2.45) is 0 Å². The first-order valence-corrected chi connectivity index (χ1v) is 52.7. The van der Waals surface area contributed by atoms with Gasteiger partial charge in [-0.25, -0.2) is 33.7 Å². The van der Waals surface area contributed by atoms with Crippen molar-refractivity contribution in [3.05, 3.63) is 260 Å². The number of aryl methyl sites for hydroxylation is 13. The summed E-state index contributed by atoms with van der Waals surface area (Å²) in [5.41, 5.74) is 13.5. The molecule has 0 amide bonds. The molecule has 0 atom stereocenters. The smallest absolute Gasteiger partial charge is 0.496 e. The molecule has 0 aliphatic carbocycles. The number of methoxy groups -OCH3 is 7. The summed E-state index contributed by atoms with van der Waals surface area (Å²) in [6, 6.07) is 54.9. The van der Waals surface area contributed by atoms with Crippen molar-refractivity contribution < 1.29 is 136 Å². The Balaban J connectivity index is 0.000000801. The van der Waals surface area contributed by atoms with E-state index in [4.69, 9.17) is 61.6 Å². The Kier molecular flexibility index (Phi) is 57.7. The van der Waals surface area contributed by atoms with Crippen molar-refractivity contribution in [3.8, 4) is 69.0 Å². The fourth-order valence-corrected chi connectivity index (χ4v) is 17.0. The zero-order chi connectivity index (χ0) is 110. The van der Waals surface area contributed by atoms with E-state index in [-0.39, 0.29) is 34.7 Å². The minimum atomic E-state index is -4.62. The molecule has 0 fully saturated rings. The van der Waals surface area contributed by atoms with E-state index in [1.54, 1.807) is 177 Å². The SMILES string of the molecule is CCOc1cc(C)cc(OCC)c1.COCCOc1ccc(C)cc1OC.COc1cc(C)ccc1C(C)(C)O.COc1cc(C)ccc1OC(C)C.COc1cc(C)ccc1OCCOC(F)(F)F.COc1cc(C)ccc1S(=O)(=O)C(C)C.COc1cc(S(=O)(=O)C(C)C)ccc1C.Cc1ccc(OCCOC(F)(F)F)c(C)c1.Cc1ccc(S(=O)(=O)C(C)C)c(C)c1.Cc1ccc(S(=O)(=O)C(C)C)cc1C. The molecule has 0 saturated carbocycles. The third kappa shape index (κ3) is 47.9. The van der Waals surface area contributed by atoms with Crippen molar-refractivity contribution in [1.82, 2.24) is 0 Å². The predicted octanol–water partition coefficient (Wildman–Crippen LogP) is 25.3. The number of sulfone groups is 4. The van der Waals surface area contributed by atoms with E-state index in [9.17, 15) is 65.1 Å². The summed E-state index contributed by atoms with van der Waals surface area (Å²) in [4.78, 5) is 1.47. The normalized spacial score (nSPS) is 11.2. The topological polar surface area (TPSA) is 295 Å². The third-order valence-corrected chi connectivity index (χ3v) is 29.1. The zero-order valence-electron chi connectivity index (χ0n) is 90.1. The second-order valence-corrected chi connectivity index (χ2v) is 44.8. The molecule has 10 aromatic carbocycles. The van der Waals surface area contributed by atoms with Gasteiger partial charge in [-0.3, -0.25) is 9.47 Å². The lowest BCUT2D eigenvalue weighted by molar-refractivity contribution is -0.326. The molecule has 0 aliphatic rings. The first-order valence-electron chi connectivity index (χ1n) is 46.5. The summed E-state index contributed by atoms with van der Waals surface area (Å²) in [6.07, 6.45) is -9.04. The number of ether oxygens (including phenoxy) is 15. The van der Waals surface area contributed by atoms with Crippen LogP contribution in [0.5, 0.6) is 69.0 Å². The summed E-state index contributed by atoms with van der Waals surface area (Å²) < 4.78 is 240. The monoisotopic (exact) mass is 2100 g/mol. The van der Waals surface area contributed by atoms with Crippen LogP contribution in [0.3, 0.4) is 0 Å². The molecule has 34 heteroatoms. The number of rotatable bonds is 33. The van der Waals surface area contributed by atoms with Crippen molar-refractivity contribution in [1.29, 1.82) is 0 Å². The van der Waals surface area contributed by atoms with Crippen LogP contribution in [0.1, 0.15) is 175 Å². The first kappa shape index (κ1) is 131. The van der Waals surface area contributed by atoms with Gasteiger partial charge in [-0.15, -0.1) is 26.3 Å². The number of benzene rings is 10. The average Bonchev–Trinajstić information content (AvgIpc) is 0.801. The maximum absolute atomic E-state index is 11.9. The van der Waals surface area contributed by atoms with Gasteiger partial charge in [0.05, 0.1) is 123 Å². The van der Waals surface area contributed by atoms with Gasteiger partial charge in [0.1, 0.15) is 59.2 Å². The Morgan fingerprint density at radius 2 is 0.604 bits per heavy atom. The summed E-state index contributed by atoms with van der Waals surface area (Å²) in [5, 5.41) is 8.25. The van der Waals surface area contributed by atoms with Gasteiger partial charge in [0.25, 0.3) is 0 Å². The Bertz CT molecular complexity index is 5990. The molecule has 0 bridgehead atoms. The number of hydrogen-bond donors (Lipinski definition) is 1. The molecule has 10 aromatic rings. The lowest BCUT2D eigenvalue weighted by atomic mass is 9.96. The number of alkyl halides is 6. The molecular weight excluding hydrogens is 1950 g/mol. The van der Waals surface area contributed by atoms with E-state index in [1.807, 2.05) is 221 Å². The van der Waals surface area contributed by atoms with Gasteiger partial charge in [0.15, 0.2) is 73.8 Å². The van der Waals surface area contributed by atoms with Gasteiger partial charge in [-0.1, -0.05) is 83.9 Å². The predicted molar refractivity (Wildman–Crippen MR) is 560 cm³/mol. The maximum atomic E-state index is 11.9. The van der Waals surface area contributed by atoms with E-state index >= 15 is 0 Å². The standard InChI is InChI=1S/C11H13F3O3.C11H13F3O2.2C11H16O3S.C11H16O3.2C11H16O2S.3C11H16O2/c1-8-3-4-9(10(7-8)15-2)16-5-6-17-11(12,13)14;1-8-3-4-10(9(2)7-8)15-5-6-16-11(12,13)14;1-8(2)15(12,13)10-6-5-9(3)11(7-10)14-4;1-8(2)15(12,13)11-6-5-9(3)7-10(11)14-4;1-9-4-5-10(11(8-9)13-3)14-7-6-12-2;1-8(2)14(12,13)11-6-5-9(3)10(4)7-11;1-8(2)14(12,13)11-6-5-9(3)7-10(11)4;1-8-5-6-9(11(2,3)12)10(7-8)13-4;1-8(2)13-10-6-5-9(3)7-11(10)12-4;1-4-12-10-6-9(3)7-11(8-10)13-5-2/h3-4,7H,5-6H2,1-2H3;3-4,7H,5-6H2,1-2H3;2*5-8H,1-4H3;4-5,8H,6-7H2,1-3H3;2*5-8H,1-4H3;5-7,12H,1-4H3;5-8H,1-4H3;6-8H,4-5H2,1-3H3. The van der Waals surface area contributed by atoms with Crippen molar-refractivity contribution >= 4 is 39.3 Å². The van der Waals surface area contributed by atoms with Crippen LogP contribution in [0.4, 0.5) is 26.3 Å². The molecule has 0 radical (unpaired) electrons. The molecular formula is C110H154F6O24S4. The number of halogens is 6. The number of hydrogen-bond acceptors (Lipinski definition) is 24. The Labute approximate surface area is 853 Å². The molecule has 804 valence electrons. The average molecular weight is 2100 g/mol. The molecule has 144 heavy (non-hydrogen) atoms. The van der Waals surface area contributed by atoms with Crippen LogP contribution >= 0.6 is 0 Å². The largest absolute Gasteiger partial charge is 0.522 e. The van der Waals surface area contributed by atoms with Crippen LogP contribution in [0.25, 0.3) is 0 Å². The fraction of sp³-hybridized carbons (Fsp3) is 0.455. The van der Waals surface area contributed by atoms with Crippen molar-refractivity contribution in [3.63, 3.8) is 0 Å². The van der Waals surface area contributed by atoms with Crippen molar-refractivity contribution in [2.45, 2.75) is 252 Å². The molecule has 0 spiro atoms. The quantitative estimate of drug-likeness (QED) is 0.0295. The Morgan fingerprint density at radius 3 is 0.965 bits per heavy atom. The van der Waals surface area contributed by atoms with Gasteiger partial charge < -0.3 is 66.7 Å². The van der Waals surface area contributed by atoms with Gasteiger partial charge in [0, 0.05) is 18.7 Å². The number of aliphatic hydroxyl groups is 1. The zero-order valence-corrected chi connectivity index (χ0v) is 93.4. The van der Waals surface area contributed by atoms with Gasteiger partial charge >= 0.3 is 12.7 Å². The lowest BCUT2D eigenvalue weighted by Crippen LogP contribution is -2.18. The highest BCUT2D eigenvalue weighted by Gasteiger charge is 2.31. The summed E-state index contributed by atoms with van der Waals surface area (Å²) in [6.45, 7) is 51.2. The highest BCUT2D eigenvalue weighted by atomic mass is 32.2. The van der Waals surface area contributed by atoms with Crippen LogP contribution in [-0.2, 0) is 59.2 Å². The molecule has 24 nitrogen and oxygen atoms in total. The lowest BCUT2D eigenvalue weighted by Gasteiger charge is -2.20. The summed E-state index contributed by atoms with van der Waals surface area (Å²) in [5.74, 6) is 8.12. The van der Waals surface area contributed by atoms with Crippen LogP contribution < -0.4 is 56.8 Å². The molecule has 0 aliphatic heterocycles. The van der Waals surface area contributed by atoms with E-state index in [0.29, 0.717) is 69.9 Å². The van der Waals surface area contributed by atoms with Gasteiger partial charge in [0.2, 0.25) is 0 Å². The van der Waals surface area contributed by atoms with E-state index in [2.05, 4.69) is 9.47 Å². The van der Waals surface area contributed by atoms with Crippen LogP contribution in [0.15, 0.2) is 202 Å². The molecule has 0 unspecified atom stereocenters. The molecule has 0 aromatic heterocycles. The summed E-state index contributed by atoms with van der Waals surface area (Å²) in [7, 11) is -1.67. The van der Waals surface area contributed by atoms with Gasteiger partial charge in [-0.05, 0) is 351 Å². The minimum Gasteiger partial charge on any atom is -0.496 e. The molecule has 1 N–H and O–H groups in total. The second kappa shape index (κ2) is 63.4. The van der Waals surface area contributed by atoms with Crippen molar-refractivity contribution in [2.75, 3.05) is 103 Å². The second-order valence-electron chi connectivity index (χ2n) is 34.8. The van der Waals surface area contributed by atoms with Gasteiger partial charge in [-0.2, -0.15) is 0 Å². The van der Waals surface area contributed by atoms with E-state index in [0.717, 1.165) is 113 Å². The fourth-order valence-electron chi connectivity index (χ4n) is 12.3. The molecule has 10 rings (SSSR count). The minimum absolute atomic E-state index is 0.122. The maximum Gasteiger partial charge on any atom is 0.522 e. The van der Waals surface area contributed by atoms with Crippen LogP contribution in [0, 0.1) is 90.0 Å². The Hall–Kier alpha value is -11.0. The third-order valence-electron chi connectivity index (χ3n) is 20.3. The summed E-state index contributed by atoms with van der Waals surface area (Å²) >= 11 is 0. The first-order chi connectivity index (χ1) is 66.9. The molecule has 0 saturated heterocycles. The highest BCUT2D eigenvalue weighted by molar-refractivity contribution is 7.93. The molecule has 0 heterocycles. The Morgan fingerprint density at radius 1 is 0.278 bits per heavy atom. The van der Waals surface area contributed by atoms with E-state index in [1.165, 1.54) is 26.9 Å². The van der Waals surface area contributed by atoms with E-state index < -0.39 is 81.4 Å². The van der Waals surface area contributed by atoms with Crippen LogP contribution in [0.2, 0.25) is 0 Å². The van der Waals surface area contributed by atoms with Crippen LogP contribution in [-0.4, -0.2) is 181 Å².